The summed E-state index contributed by atoms with van der Waals surface area (Å²) >= 11 is 0. The van der Waals surface area contributed by atoms with Crippen molar-refractivity contribution in [1.82, 2.24) is 20.0 Å². The van der Waals surface area contributed by atoms with Crippen LogP contribution in [0.3, 0.4) is 0 Å². The Morgan fingerprint density at radius 1 is 0.401 bits per heavy atom. The summed E-state index contributed by atoms with van der Waals surface area (Å²) in [5.74, 6) is -30.0. The van der Waals surface area contributed by atoms with Crippen LogP contribution >= 0.6 is 0 Å². The van der Waals surface area contributed by atoms with Gasteiger partial charge in [-0.15, -0.1) is 0 Å². The number of nitrogens with zero attached hydrogens (tertiary/aromatic N) is 4. The summed E-state index contributed by atoms with van der Waals surface area (Å²) < 4.78 is 241. The van der Waals surface area contributed by atoms with E-state index < -0.39 is 192 Å². The molecule has 6 aliphatic heterocycles. The maximum atomic E-state index is 15.6. The van der Waals surface area contributed by atoms with Crippen molar-refractivity contribution in [3.8, 4) is 0 Å². The number of hydrogen-bond donors (Lipinski definition) is 8. The molecule has 4 aliphatic carbocycles. The van der Waals surface area contributed by atoms with E-state index in [4.69, 9.17) is 9.94 Å². The fourth-order valence-corrected chi connectivity index (χ4v) is 21.9. The van der Waals surface area contributed by atoms with Gasteiger partial charge in [-0.2, -0.15) is 35.1 Å². The van der Waals surface area contributed by atoms with Crippen molar-refractivity contribution in [2.75, 3.05) is 47.7 Å². The molecule has 0 radical (unpaired) electrons. The third kappa shape index (κ3) is 21.1. The lowest BCUT2D eigenvalue weighted by Gasteiger charge is -2.61. The summed E-state index contributed by atoms with van der Waals surface area (Å²) in [5.41, 5.74) is -4.93. The number of alkyl halides is 8. The normalized spacial score (nSPS) is 24.5. The number of morpholine rings is 1. The molecule has 7 amide bonds. The highest BCUT2D eigenvalue weighted by Gasteiger charge is 2.61. The summed E-state index contributed by atoms with van der Waals surface area (Å²) in [7, 11) is 0. The van der Waals surface area contributed by atoms with Crippen LogP contribution in [0.5, 0.6) is 0 Å². The number of piperidine rings is 3. The number of fused-ring (bicyclic) bond motifs is 6. The van der Waals surface area contributed by atoms with Gasteiger partial charge in [0.1, 0.15) is 46.5 Å². The first kappa shape index (κ1) is 101. The summed E-state index contributed by atoms with van der Waals surface area (Å²) in [6, 6.07) is 22.8. The number of aryl methyl sites for hydroxylation is 4. The van der Waals surface area contributed by atoms with Gasteiger partial charge in [0.2, 0.25) is 0 Å². The minimum Gasteiger partial charge on any atom is -0.411 e. The Labute approximate surface area is 779 Å². The molecule has 18 rings (SSSR count). The van der Waals surface area contributed by atoms with E-state index in [0.717, 1.165) is 95.8 Å². The average molecular weight is 1920 g/mol. The Bertz CT molecular complexity index is 5860. The van der Waals surface area contributed by atoms with Gasteiger partial charge in [0.05, 0.1) is 59.0 Å². The zero-order chi connectivity index (χ0) is 99.5. The lowest BCUT2D eigenvalue weighted by molar-refractivity contribution is -0.167. The van der Waals surface area contributed by atoms with Crippen LogP contribution in [0.25, 0.3) is 0 Å². The van der Waals surface area contributed by atoms with Crippen LogP contribution in [0.1, 0.15) is 209 Å². The number of benzene rings is 8. The molecule has 10 bridgehead atoms. The molecule has 8 atom stereocenters. The Hall–Kier alpha value is -12.2. The number of anilines is 4. The summed E-state index contributed by atoms with van der Waals surface area (Å²) in [6.07, 6.45) is 9.34. The van der Waals surface area contributed by atoms with E-state index in [1.165, 1.54) is 93.3 Å². The van der Waals surface area contributed by atoms with Crippen molar-refractivity contribution in [1.29, 1.82) is 0 Å². The number of carbonyl (C=O) groups is 7. The standard InChI is InChI=1S/C27H28F4N2O2.2C25H26F4N2O3.C24H23F4N3O3/c1-15-7-19(4-6-21(15)28)32-23(34)18-3-5-22(29)20(9-18)27(30,31)24(35)33-26-12-16-8-17(13-26)11-25(2,10-16)14-26;2*1-14-9-16(4-8-20(14)26)30-22(33)15-3-7-21(27)19(10-15)25(28,29)23(34)31-17-5-6-18(31)12-24(2,11-17)13-32;1-13-7-16(4-6-21(13)25)29-23(32)15-3-5-22(26)20(8-15)24(27,28)14(2)31-18-9-17(30-33)10-19(31)12-34-11-18/h3-7,9,16-17H,8,10-14H2,1-2H3,(H,32,34)(H,33,35);2*3-4,7-10,17-18,32H,5-6,11-13H2,1-2H3,(H,30,33);3-8,18-19,33H,2,9-12H2,1H3,(H,29,32). The van der Waals surface area contributed by atoms with Crippen LogP contribution in [0, 0.1) is 102 Å². The number of rotatable bonds is 20. The second-order valence-electron chi connectivity index (χ2n) is 39.0. The first-order chi connectivity index (χ1) is 64.4. The van der Waals surface area contributed by atoms with Gasteiger partial charge in [-0.1, -0.05) is 32.5 Å². The molecular formula is C101H103F16N9O11. The number of carbonyl (C=O) groups excluding carboxylic acids is 7. The van der Waals surface area contributed by atoms with Crippen LogP contribution in [-0.4, -0.2) is 145 Å². The van der Waals surface area contributed by atoms with Crippen LogP contribution in [0.15, 0.2) is 163 Å². The van der Waals surface area contributed by atoms with E-state index in [0.29, 0.717) is 118 Å². The Kier molecular flexibility index (Phi) is 28.7. The summed E-state index contributed by atoms with van der Waals surface area (Å²) in [4.78, 5) is 93.0. The number of amides is 7. The number of ether oxygens (including phenoxy) is 1. The lowest BCUT2D eigenvalue weighted by Crippen LogP contribution is -2.64. The van der Waals surface area contributed by atoms with Gasteiger partial charge < -0.3 is 61.4 Å². The molecule has 10 aliphatic rings. The van der Waals surface area contributed by atoms with Gasteiger partial charge in [0, 0.05) is 101 Å². The molecule has 0 spiro atoms. The van der Waals surface area contributed by atoms with Gasteiger partial charge >= 0.3 is 23.7 Å². The smallest absolute Gasteiger partial charge is 0.352 e. The zero-order valence-electron chi connectivity index (χ0n) is 75.8. The van der Waals surface area contributed by atoms with Gasteiger partial charge in [-0.05, 0) is 314 Å². The van der Waals surface area contributed by atoms with Gasteiger partial charge in [-0.25, -0.2) is 35.1 Å². The molecule has 0 aromatic heterocycles. The minimum absolute atomic E-state index is 0.0363. The predicted octanol–water partition coefficient (Wildman–Crippen LogP) is 20.5. The van der Waals surface area contributed by atoms with Crippen LogP contribution in [0.2, 0.25) is 0 Å². The number of aliphatic hydroxyl groups excluding tert-OH is 2. The first-order valence-corrected chi connectivity index (χ1v) is 44.9. The third-order valence-corrected chi connectivity index (χ3v) is 28.0. The molecule has 8 aromatic carbocycles. The second kappa shape index (κ2) is 39.0. The van der Waals surface area contributed by atoms with Gasteiger partial charge in [0.25, 0.3) is 41.4 Å². The Morgan fingerprint density at radius 3 is 0.978 bits per heavy atom. The average Bonchev–Trinajstić information content (AvgIpc) is 1.28. The number of aliphatic hydroxyl groups is 2. The molecule has 8 N–H and O–H groups in total. The topological polar surface area (TPSA) is 272 Å². The highest BCUT2D eigenvalue weighted by atomic mass is 19.3. The lowest BCUT2D eigenvalue weighted by atomic mass is 9.47. The molecule has 6 heterocycles. The van der Waals surface area contributed by atoms with Gasteiger partial charge in [0.15, 0.2) is 0 Å². The molecular weight excluding hydrogens is 1820 g/mol. The molecule has 730 valence electrons. The zero-order valence-corrected chi connectivity index (χ0v) is 75.8. The predicted molar refractivity (Wildman–Crippen MR) is 475 cm³/mol. The van der Waals surface area contributed by atoms with E-state index in [2.05, 4.69) is 45.2 Å². The quantitative estimate of drug-likeness (QED) is 0.0201. The third-order valence-electron chi connectivity index (χ3n) is 28.0. The molecule has 8 aromatic rings. The molecule has 36 heteroatoms. The van der Waals surface area contributed by atoms with Crippen LogP contribution in [-0.2, 0) is 42.8 Å². The number of nitrogens with one attached hydrogen (secondary N) is 5. The van der Waals surface area contributed by atoms with Crippen LogP contribution in [0.4, 0.5) is 93.0 Å². The summed E-state index contributed by atoms with van der Waals surface area (Å²) in [5, 5.41) is 44.2. The number of halogens is 16. The highest BCUT2D eigenvalue weighted by Crippen LogP contribution is 2.62. The maximum Gasteiger partial charge on any atom is 0.352 e. The van der Waals surface area contributed by atoms with E-state index in [9.17, 15) is 78.9 Å². The molecule has 4 saturated carbocycles. The number of allylic oxidation sites excluding steroid dienone is 1. The summed E-state index contributed by atoms with van der Waals surface area (Å²) in [6.45, 7) is 15.6. The van der Waals surface area contributed by atoms with Crippen molar-refractivity contribution in [3.05, 3.63) is 271 Å². The minimum atomic E-state index is -4.18. The van der Waals surface area contributed by atoms with Crippen molar-refractivity contribution in [2.45, 2.75) is 217 Å². The SMILES string of the molecule is C=C(N1C2COCC1CC(=NO)C2)C(F)(F)c1cc(C(=O)Nc2ccc(F)c(C)c2)ccc1F.Cc1cc(NC(=O)c2ccc(F)c(C(F)(F)C(=O)N3C4CCC3CC(C)(CO)C4)c2)ccc1F.Cc1cc(NC(=O)c2ccc(F)c(C(F)(F)C(=O)N3C4CCC3CC(C)(CO)C4)c2)ccc1F.Cc1cc(NC(=O)c2ccc(F)c(C(F)(F)C(=O)NC34CC5CC(CC(C)(C5)C3)C4)c2)ccc1F. The van der Waals surface area contributed by atoms with E-state index in [1.807, 2.05) is 13.8 Å². The number of hydrogen-bond acceptors (Lipinski definition) is 13. The largest absolute Gasteiger partial charge is 0.411 e. The van der Waals surface area contributed by atoms with Crippen molar-refractivity contribution < 1.29 is 124 Å². The van der Waals surface area contributed by atoms with E-state index >= 15 is 35.1 Å². The number of oxime groups is 1. The highest BCUT2D eigenvalue weighted by molar-refractivity contribution is 6.07. The molecule has 20 nitrogen and oxygen atoms in total. The van der Waals surface area contributed by atoms with E-state index in [1.54, 1.807) is 0 Å². The second-order valence-corrected chi connectivity index (χ2v) is 39.0. The Morgan fingerprint density at radius 2 is 0.693 bits per heavy atom. The fourth-order valence-electron chi connectivity index (χ4n) is 21.9. The molecule has 6 saturated heterocycles. The van der Waals surface area contributed by atoms with E-state index in [-0.39, 0.29) is 101 Å². The first-order valence-electron chi connectivity index (χ1n) is 44.9. The molecule has 10 fully saturated rings. The van der Waals surface area contributed by atoms with Crippen LogP contribution < -0.4 is 26.6 Å². The van der Waals surface area contributed by atoms with Crippen molar-refractivity contribution in [3.63, 3.8) is 0 Å². The Balaban J connectivity index is 0.000000146. The molecule has 137 heavy (non-hydrogen) atoms. The van der Waals surface area contributed by atoms with Gasteiger partial charge in [-0.3, -0.25) is 33.6 Å². The fraction of sp³-hybridized carbons (Fsp3) is 0.426. The molecule has 8 unspecified atom stereocenters. The van der Waals surface area contributed by atoms with Crippen molar-refractivity contribution in [2.24, 2.45) is 33.2 Å². The monoisotopic (exact) mass is 1920 g/mol. The maximum absolute atomic E-state index is 15.6. The van der Waals surface area contributed by atoms with Crippen molar-refractivity contribution >= 4 is 69.8 Å².